The first-order chi connectivity index (χ1) is 18.6. The summed E-state index contributed by atoms with van der Waals surface area (Å²) in [5.41, 5.74) is 4.44. The van der Waals surface area contributed by atoms with Gasteiger partial charge in [0.15, 0.2) is 0 Å². The maximum absolute atomic E-state index is 13.7. The highest BCUT2D eigenvalue weighted by atomic mass is 16.5. The van der Waals surface area contributed by atoms with Gasteiger partial charge in [-0.2, -0.15) is 0 Å². The molecule has 1 aliphatic rings. The summed E-state index contributed by atoms with van der Waals surface area (Å²) in [5.74, 6) is 0.608. The summed E-state index contributed by atoms with van der Waals surface area (Å²) < 4.78 is 11.7. The number of amides is 1. The summed E-state index contributed by atoms with van der Waals surface area (Å²) in [4.78, 5) is 26.8. The van der Waals surface area contributed by atoms with Crippen molar-refractivity contribution in [2.45, 2.75) is 79.8 Å². The van der Waals surface area contributed by atoms with Crippen LogP contribution >= 0.6 is 0 Å². The molecule has 1 amide bonds. The summed E-state index contributed by atoms with van der Waals surface area (Å²) >= 11 is 0. The van der Waals surface area contributed by atoms with Crippen molar-refractivity contribution in [3.63, 3.8) is 0 Å². The average Bonchev–Trinajstić information content (AvgIpc) is 2.89. The van der Waals surface area contributed by atoms with Crippen molar-refractivity contribution in [2.24, 2.45) is 23.7 Å². The van der Waals surface area contributed by atoms with Crippen LogP contribution in [-0.4, -0.2) is 25.0 Å². The molecule has 39 heavy (non-hydrogen) atoms. The van der Waals surface area contributed by atoms with Gasteiger partial charge in [0.1, 0.15) is 12.4 Å². The Kier molecular flexibility index (Phi) is 11.6. The van der Waals surface area contributed by atoms with E-state index in [2.05, 4.69) is 39.1 Å². The van der Waals surface area contributed by atoms with E-state index in [9.17, 15) is 9.59 Å². The number of allylic oxidation sites excluding steroid dienone is 1. The van der Waals surface area contributed by atoms with Gasteiger partial charge in [0.2, 0.25) is 5.91 Å². The third-order valence-electron chi connectivity index (χ3n) is 6.95. The Hall–Kier alpha value is -3.08. The number of hydrogen-bond donors (Lipinski definition) is 1. The predicted octanol–water partition coefficient (Wildman–Crippen LogP) is 7.25. The first-order valence-corrected chi connectivity index (χ1v) is 14.6. The van der Waals surface area contributed by atoms with Gasteiger partial charge in [0.25, 0.3) is 0 Å². The van der Waals surface area contributed by atoms with Crippen LogP contribution in [0.15, 0.2) is 60.2 Å². The van der Waals surface area contributed by atoms with E-state index in [1.165, 1.54) is 5.57 Å². The number of carbonyl (C=O) groups is 2. The van der Waals surface area contributed by atoms with E-state index in [4.69, 9.17) is 9.47 Å². The minimum Gasteiger partial charge on any atom is -0.489 e. The minimum atomic E-state index is -0.570. The number of rotatable bonds is 13. The van der Waals surface area contributed by atoms with Gasteiger partial charge >= 0.3 is 5.97 Å². The highest BCUT2D eigenvalue weighted by molar-refractivity contribution is 5.90. The molecule has 0 aromatic heterocycles. The average molecular weight is 534 g/mol. The van der Waals surface area contributed by atoms with Gasteiger partial charge in [-0.05, 0) is 72.3 Å². The zero-order valence-electron chi connectivity index (χ0n) is 24.7. The van der Waals surface area contributed by atoms with Crippen LogP contribution in [0.2, 0.25) is 0 Å². The maximum atomic E-state index is 13.7. The molecule has 1 N–H and O–H groups in total. The molecule has 0 spiro atoms. The number of hydrogen-bond acceptors (Lipinski definition) is 4. The van der Waals surface area contributed by atoms with Gasteiger partial charge in [-0.15, -0.1) is 0 Å². The Morgan fingerprint density at radius 1 is 1.00 bits per heavy atom. The molecule has 0 radical (unpaired) electrons. The first-order valence-electron chi connectivity index (χ1n) is 14.6. The summed E-state index contributed by atoms with van der Waals surface area (Å²) in [5, 5.41) is 3.16. The fourth-order valence-corrected chi connectivity index (χ4v) is 5.27. The molecular weight excluding hydrogens is 486 g/mol. The van der Waals surface area contributed by atoms with E-state index in [-0.39, 0.29) is 17.8 Å². The van der Waals surface area contributed by atoms with Crippen LogP contribution in [0.1, 0.15) is 83.4 Å². The normalized spacial score (nSPS) is 17.3. The van der Waals surface area contributed by atoms with E-state index in [1.54, 1.807) is 0 Å². The summed E-state index contributed by atoms with van der Waals surface area (Å²) in [6, 6.07) is 16.0. The van der Waals surface area contributed by atoms with Crippen molar-refractivity contribution < 1.29 is 19.1 Å². The van der Waals surface area contributed by atoms with E-state index >= 15 is 0 Å². The van der Waals surface area contributed by atoms with Crippen LogP contribution in [0.5, 0.6) is 5.75 Å². The third-order valence-corrected chi connectivity index (χ3v) is 6.95. The van der Waals surface area contributed by atoms with Gasteiger partial charge < -0.3 is 14.8 Å². The zero-order chi connectivity index (χ0) is 28.4. The predicted molar refractivity (Wildman–Crippen MR) is 158 cm³/mol. The Labute approximate surface area is 235 Å². The van der Waals surface area contributed by atoms with Gasteiger partial charge in [0.05, 0.1) is 18.4 Å². The van der Waals surface area contributed by atoms with Crippen LogP contribution in [0, 0.1) is 23.7 Å². The van der Waals surface area contributed by atoms with E-state index in [0.29, 0.717) is 44.4 Å². The van der Waals surface area contributed by atoms with Crippen molar-refractivity contribution in [1.29, 1.82) is 0 Å². The molecule has 0 fully saturated rings. The SMILES string of the molecule is CC(C)/C=C(\CCNC(=O)C1c2ccc(OCc3ccccc3)cc2CCC1C(=O)OCC(C)C)CC(C)C. The van der Waals surface area contributed by atoms with Crippen molar-refractivity contribution in [2.75, 3.05) is 13.2 Å². The van der Waals surface area contributed by atoms with Gasteiger partial charge in [-0.3, -0.25) is 9.59 Å². The molecule has 0 saturated heterocycles. The monoisotopic (exact) mass is 533 g/mol. The Morgan fingerprint density at radius 2 is 1.74 bits per heavy atom. The molecule has 2 atom stereocenters. The number of fused-ring (bicyclic) bond motifs is 1. The molecule has 5 nitrogen and oxygen atoms in total. The van der Waals surface area contributed by atoms with Crippen LogP contribution in [0.25, 0.3) is 0 Å². The van der Waals surface area contributed by atoms with Crippen molar-refractivity contribution >= 4 is 11.9 Å². The second-order valence-corrected chi connectivity index (χ2v) is 12.0. The van der Waals surface area contributed by atoms with Crippen LogP contribution < -0.4 is 10.1 Å². The molecule has 0 aliphatic heterocycles. The maximum Gasteiger partial charge on any atom is 0.310 e. The molecule has 1 aliphatic carbocycles. The molecule has 212 valence electrons. The van der Waals surface area contributed by atoms with E-state index in [1.807, 2.05) is 62.4 Å². The standard InChI is InChI=1S/C34H47NO4/c1-23(2)18-27(19-24(3)4)16-17-35-33(36)32-30-15-13-29(38-22-26-10-8-7-9-11-26)20-28(30)12-14-31(32)34(37)39-21-25(5)6/h7-11,13,15,18,20,23-25,31-32H,12,14,16-17,19,21-22H2,1-6H3,(H,35,36)/b27-18+. The van der Waals surface area contributed by atoms with Crippen LogP contribution in [0.3, 0.4) is 0 Å². The summed E-state index contributed by atoms with van der Waals surface area (Å²) in [7, 11) is 0. The lowest BCUT2D eigenvalue weighted by molar-refractivity contribution is -0.153. The smallest absolute Gasteiger partial charge is 0.310 e. The second-order valence-electron chi connectivity index (χ2n) is 12.0. The molecule has 5 heteroatoms. The number of benzene rings is 2. The number of carbonyl (C=O) groups excluding carboxylic acids is 2. The molecular formula is C34H47NO4. The lowest BCUT2D eigenvalue weighted by atomic mass is 9.74. The lowest BCUT2D eigenvalue weighted by Crippen LogP contribution is -2.40. The lowest BCUT2D eigenvalue weighted by Gasteiger charge is -2.32. The second kappa shape index (κ2) is 14.9. The van der Waals surface area contributed by atoms with Crippen molar-refractivity contribution in [3.05, 3.63) is 76.9 Å². The van der Waals surface area contributed by atoms with Crippen LogP contribution in [0.4, 0.5) is 0 Å². The van der Waals surface area contributed by atoms with Gasteiger partial charge in [-0.1, -0.05) is 89.6 Å². The largest absolute Gasteiger partial charge is 0.489 e. The number of ether oxygens (including phenoxy) is 2. The van der Waals surface area contributed by atoms with Crippen molar-refractivity contribution in [3.8, 4) is 5.75 Å². The zero-order valence-corrected chi connectivity index (χ0v) is 24.7. The van der Waals surface area contributed by atoms with E-state index < -0.39 is 11.8 Å². The highest BCUT2D eigenvalue weighted by Gasteiger charge is 2.40. The van der Waals surface area contributed by atoms with E-state index in [0.717, 1.165) is 35.3 Å². The molecule has 0 heterocycles. The molecule has 0 bridgehead atoms. The third kappa shape index (κ3) is 9.56. The number of esters is 1. The molecule has 3 rings (SSSR count). The Morgan fingerprint density at radius 3 is 2.41 bits per heavy atom. The Bertz CT molecular complexity index is 1100. The highest BCUT2D eigenvalue weighted by Crippen LogP contribution is 2.39. The molecule has 2 aromatic carbocycles. The fourth-order valence-electron chi connectivity index (χ4n) is 5.27. The van der Waals surface area contributed by atoms with Gasteiger partial charge in [-0.25, -0.2) is 0 Å². The molecule has 2 unspecified atom stereocenters. The fraction of sp³-hybridized carbons (Fsp3) is 0.529. The summed E-state index contributed by atoms with van der Waals surface area (Å²) in [6.45, 7) is 14.2. The minimum absolute atomic E-state index is 0.103. The molecule has 2 aromatic rings. The quantitative estimate of drug-likeness (QED) is 0.218. The first kappa shape index (κ1) is 30.5. The topological polar surface area (TPSA) is 64.6 Å². The molecule has 0 saturated carbocycles. The number of aryl methyl sites for hydroxylation is 1. The number of nitrogens with one attached hydrogen (secondary N) is 1. The summed E-state index contributed by atoms with van der Waals surface area (Å²) in [6.07, 6.45) is 5.44. The van der Waals surface area contributed by atoms with Gasteiger partial charge in [0, 0.05) is 6.54 Å². The van der Waals surface area contributed by atoms with Crippen LogP contribution in [-0.2, 0) is 27.4 Å². The van der Waals surface area contributed by atoms with Crippen molar-refractivity contribution in [1.82, 2.24) is 5.32 Å². The Balaban J connectivity index is 1.77.